The van der Waals surface area contributed by atoms with E-state index in [0.29, 0.717) is 17.1 Å². The van der Waals surface area contributed by atoms with Gasteiger partial charge in [-0.1, -0.05) is 36.4 Å². The van der Waals surface area contributed by atoms with Crippen molar-refractivity contribution >= 4 is 5.91 Å². The number of methoxy groups -OCH3 is 2. The van der Waals surface area contributed by atoms with Crippen molar-refractivity contribution in [3.05, 3.63) is 59.7 Å². The summed E-state index contributed by atoms with van der Waals surface area (Å²) in [7, 11) is 3.06. The first-order valence-electron chi connectivity index (χ1n) is 7.98. The highest BCUT2D eigenvalue weighted by atomic mass is 16.5. The van der Waals surface area contributed by atoms with E-state index in [1.54, 1.807) is 25.1 Å². The summed E-state index contributed by atoms with van der Waals surface area (Å²) >= 11 is 0. The van der Waals surface area contributed by atoms with Crippen LogP contribution >= 0.6 is 0 Å². The number of aliphatic hydroxyl groups is 1. The molecule has 6 heteroatoms. The molecule has 134 valence electrons. The third-order valence-corrected chi connectivity index (χ3v) is 4.03. The SMILES string of the molecule is COc1ccc([C@H](N)C(=O)N[C@@H](C)[C@@H](O)c2ccccc2)cc1OC. The Morgan fingerprint density at radius 2 is 1.68 bits per heavy atom. The van der Waals surface area contributed by atoms with E-state index in [-0.39, 0.29) is 5.91 Å². The predicted octanol–water partition coefficient (Wildman–Crippen LogP) is 1.94. The number of carbonyl (C=O) groups excluding carboxylic acids is 1. The fraction of sp³-hybridized carbons (Fsp3) is 0.316. The number of ether oxygens (including phenoxy) is 2. The number of aliphatic hydroxyl groups excluding tert-OH is 1. The maximum absolute atomic E-state index is 12.4. The van der Waals surface area contributed by atoms with E-state index >= 15 is 0 Å². The van der Waals surface area contributed by atoms with Crippen LogP contribution in [0.2, 0.25) is 0 Å². The summed E-state index contributed by atoms with van der Waals surface area (Å²) in [6, 6.07) is 12.9. The monoisotopic (exact) mass is 344 g/mol. The van der Waals surface area contributed by atoms with E-state index in [0.717, 1.165) is 5.56 Å². The zero-order chi connectivity index (χ0) is 18.4. The van der Waals surface area contributed by atoms with E-state index < -0.39 is 18.2 Å². The minimum Gasteiger partial charge on any atom is -0.493 e. The van der Waals surface area contributed by atoms with E-state index in [4.69, 9.17) is 15.2 Å². The highest BCUT2D eigenvalue weighted by molar-refractivity contribution is 5.83. The van der Waals surface area contributed by atoms with Crippen LogP contribution in [-0.4, -0.2) is 31.3 Å². The Morgan fingerprint density at radius 1 is 1.04 bits per heavy atom. The number of benzene rings is 2. The van der Waals surface area contributed by atoms with Gasteiger partial charge in [-0.2, -0.15) is 0 Å². The molecule has 0 bridgehead atoms. The van der Waals surface area contributed by atoms with Gasteiger partial charge in [0.05, 0.1) is 26.4 Å². The zero-order valence-corrected chi connectivity index (χ0v) is 14.6. The lowest BCUT2D eigenvalue weighted by atomic mass is 10.0. The van der Waals surface area contributed by atoms with Gasteiger partial charge in [0.2, 0.25) is 5.91 Å². The molecule has 2 aromatic rings. The molecule has 0 heterocycles. The van der Waals surface area contributed by atoms with Crippen LogP contribution in [0, 0.1) is 0 Å². The lowest BCUT2D eigenvalue weighted by Gasteiger charge is -2.23. The highest BCUT2D eigenvalue weighted by Crippen LogP contribution is 2.29. The second kappa shape index (κ2) is 8.50. The van der Waals surface area contributed by atoms with Gasteiger partial charge in [-0.3, -0.25) is 4.79 Å². The van der Waals surface area contributed by atoms with Crippen LogP contribution < -0.4 is 20.5 Å². The van der Waals surface area contributed by atoms with E-state index in [9.17, 15) is 9.90 Å². The number of nitrogens with one attached hydrogen (secondary N) is 1. The summed E-state index contributed by atoms with van der Waals surface area (Å²) in [5.41, 5.74) is 7.38. The summed E-state index contributed by atoms with van der Waals surface area (Å²) < 4.78 is 10.4. The third-order valence-electron chi connectivity index (χ3n) is 4.03. The number of nitrogens with two attached hydrogens (primary N) is 1. The van der Waals surface area contributed by atoms with Crippen LogP contribution in [0.5, 0.6) is 11.5 Å². The smallest absolute Gasteiger partial charge is 0.241 e. The van der Waals surface area contributed by atoms with E-state index in [2.05, 4.69) is 5.32 Å². The largest absolute Gasteiger partial charge is 0.493 e. The molecule has 0 saturated carbocycles. The van der Waals surface area contributed by atoms with Crippen molar-refractivity contribution in [2.24, 2.45) is 5.73 Å². The normalized spacial score (nSPS) is 14.3. The number of amides is 1. The summed E-state index contributed by atoms with van der Waals surface area (Å²) in [5, 5.41) is 13.1. The van der Waals surface area contributed by atoms with Crippen LogP contribution in [0.1, 0.15) is 30.2 Å². The van der Waals surface area contributed by atoms with Crippen LogP contribution in [0.4, 0.5) is 0 Å². The van der Waals surface area contributed by atoms with E-state index in [1.807, 2.05) is 30.3 Å². The zero-order valence-electron chi connectivity index (χ0n) is 14.6. The van der Waals surface area contributed by atoms with E-state index in [1.165, 1.54) is 14.2 Å². The molecule has 0 aliphatic rings. The van der Waals surface area contributed by atoms with Crippen molar-refractivity contribution in [3.8, 4) is 11.5 Å². The van der Waals surface area contributed by atoms with Crippen molar-refractivity contribution in [1.82, 2.24) is 5.32 Å². The van der Waals surface area contributed by atoms with Gasteiger partial charge in [0.1, 0.15) is 6.04 Å². The number of rotatable bonds is 7. The number of hydrogen-bond acceptors (Lipinski definition) is 5. The van der Waals surface area contributed by atoms with Crippen LogP contribution in [-0.2, 0) is 4.79 Å². The topological polar surface area (TPSA) is 93.8 Å². The van der Waals surface area contributed by atoms with Crippen molar-refractivity contribution < 1.29 is 19.4 Å². The molecule has 3 atom stereocenters. The molecular weight excluding hydrogens is 320 g/mol. The van der Waals surface area contributed by atoms with Gasteiger partial charge < -0.3 is 25.6 Å². The minimum atomic E-state index is -0.884. The van der Waals surface area contributed by atoms with Crippen LogP contribution in [0.15, 0.2) is 48.5 Å². The predicted molar refractivity (Wildman–Crippen MR) is 95.5 cm³/mol. The van der Waals surface area contributed by atoms with Crippen molar-refractivity contribution in [1.29, 1.82) is 0 Å². The molecule has 0 fully saturated rings. The number of hydrogen-bond donors (Lipinski definition) is 3. The minimum absolute atomic E-state index is 0.380. The first-order chi connectivity index (χ1) is 12.0. The van der Waals surface area contributed by atoms with Crippen LogP contribution in [0.25, 0.3) is 0 Å². The second-order valence-corrected chi connectivity index (χ2v) is 5.74. The second-order valence-electron chi connectivity index (χ2n) is 5.74. The van der Waals surface area contributed by atoms with Crippen molar-refractivity contribution in [2.45, 2.75) is 25.1 Å². The molecule has 0 aliphatic heterocycles. The molecule has 1 amide bonds. The van der Waals surface area contributed by atoms with Gasteiger partial charge in [-0.25, -0.2) is 0 Å². The lowest BCUT2D eigenvalue weighted by Crippen LogP contribution is -2.42. The molecule has 2 aromatic carbocycles. The summed E-state index contributed by atoms with van der Waals surface area (Å²) in [5.74, 6) is 0.682. The fourth-order valence-electron chi connectivity index (χ4n) is 2.53. The highest BCUT2D eigenvalue weighted by Gasteiger charge is 2.23. The summed E-state index contributed by atoms with van der Waals surface area (Å²) in [4.78, 5) is 12.4. The molecule has 0 aromatic heterocycles. The maximum Gasteiger partial charge on any atom is 0.241 e. The van der Waals surface area contributed by atoms with Gasteiger partial charge in [0.15, 0.2) is 11.5 Å². The maximum atomic E-state index is 12.4. The first-order valence-corrected chi connectivity index (χ1v) is 7.98. The molecule has 0 saturated heterocycles. The molecule has 0 spiro atoms. The Balaban J connectivity index is 2.07. The van der Waals surface area contributed by atoms with Gasteiger partial charge in [-0.15, -0.1) is 0 Å². The molecule has 4 N–H and O–H groups in total. The molecule has 0 aliphatic carbocycles. The molecule has 2 rings (SSSR count). The molecule has 0 unspecified atom stereocenters. The fourth-order valence-corrected chi connectivity index (χ4v) is 2.53. The quantitative estimate of drug-likeness (QED) is 0.714. The first kappa shape index (κ1) is 18.8. The van der Waals surface area contributed by atoms with Crippen molar-refractivity contribution in [2.75, 3.05) is 14.2 Å². The third kappa shape index (κ3) is 4.49. The molecule has 6 nitrogen and oxygen atoms in total. The standard InChI is InChI=1S/C19H24N2O4/c1-12(18(22)13-7-5-4-6-8-13)21-19(23)17(20)14-9-10-15(24-2)16(11-14)25-3/h4-12,17-18,22H,20H2,1-3H3,(H,21,23)/t12-,17-,18+/m0/s1. The Labute approximate surface area is 147 Å². The Kier molecular flexibility index (Phi) is 6.38. The Morgan fingerprint density at radius 3 is 2.28 bits per heavy atom. The molecule has 0 radical (unpaired) electrons. The van der Waals surface area contributed by atoms with Crippen molar-refractivity contribution in [3.63, 3.8) is 0 Å². The molecule has 25 heavy (non-hydrogen) atoms. The van der Waals surface area contributed by atoms with Crippen LogP contribution in [0.3, 0.4) is 0 Å². The average molecular weight is 344 g/mol. The molecular formula is C19H24N2O4. The average Bonchev–Trinajstić information content (AvgIpc) is 2.66. The number of carbonyl (C=O) groups is 1. The van der Waals surface area contributed by atoms with Gasteiger partial charge in [0, 0.05) is 0 Å². The van der Waals surface area contributed by atoms with Gasteiger partial charge in [0.25, 0.3) is 0 Å². The summed E-state index contributed by atoms with van der Waals surface area (Å²) in [6.45, 7) is 1.73. The van der Waals surface area contributed by atoms with Gasteiger partial charge in [-0.05, 0) is 30.2 Å². The van der Waals surface area contributed by atoms with Gasteiger partial charge >= 0.3 is 0 Å². The Hall–Kier alpha value is -2.57. The summed E-state index contributed by atoms with van der Waals surface area (Å²) in [6.07, 6.45) is -0.817. The Bertz CT molecular complexity index is 706. The lowest BCUT2D eigenvalue weighted by molar-refractivity contribution is -0.123.